The van der Waals surface area contributed by atoms with Crippen LogP contribution in [-0.2, 0) is 29.5 Å². The fourth-order valence-corrected chi connectivity index (χ4v) is 5.79. The third-order valence-corrected chi connectivity index (χ3v) is 7.69. The molecule has 0 aliphatic carbocycles. The molecule has 0 amide bonds. The van der Waals surface area contributed by atoms with E-state index in [4.69, 9.17) is 13.7 Å². The highest BCUT2D eigenvalue weighted by Crippen LogP contribution is 2.45. The van der Waals surface area contributed by atoms with E-state index < -0.39 is 21.8 Å². The standard InChI is InChI=1S/C25H23F2NO5S/c1-31-23-7-6-15-10-22-19-13-21(27)24(32-2)11-16(19)8-9-28(22)14-20(15)25(23)33-34(29,30)18-5-3-4-17(26)12-18/h3-7,11-13,22H,8-10,14H2,1-2H3. The lowest BCUT2D eigenvalue weighted by Crippen LogP contribution is -2.39. The van der Waals surface area contributed by atoms with E-state index >= 15 is 0 Å². The third-order valence-electron chi connectivity index (χ3n) is 6.48. The first-order valence-corrected chi connectivity index (χ1v) is 12.2. The molecule has 0 aromatic heterocycles. The van der Waals surface area contributed by atoms with Crippen LogP contribution in [0.2, 0.25) is 0 Å². The van der Waals surface area contributed by atoms with E-state index in [1.807, 2.05) is 6.07 Å². The minimum absolute atomic E-state index is 0.0577. The smallest absolute Gasteiger partial charge is 0.339 e. The maximum Gasteiger partial charge on any atom is 0.339 e. The van der Waals surface area contributed by atoms with Gasteiger partial charge in [0.2, 0.25) is 0 Å². The molecule has 0 fully saturated rings. The van der Waals surface area contributed by atoms with Gasteiger partial charge >= 0.3 is 10.1 Å². The molecule has 2 aliphatic heterocycles. The molecule has 0 saturated carbocycles. The van der Waals surface area contributed by atoms with Gasteiger partial charge in [0.25, 0.3) is 0 Å². The molecule has 0 saturated heterocycles. The normalized spacial score (nSPS) is 17.4. The molecule has 2 heterocycles. The zero-order valence-electron chi connectivity index (χ0n) is 18.7. The maximum atomic E-state index is 14.5. The molecule has 0 N–H and O–H groups in total. The van der Waals surface area contributed by atoms with Crippen molar-refractivity contribution in [2.45, 2.75) is 30.3 Å². The Morgan fingerprint density at radius 1 is 0.971 bits per heavy atom. The van der Waals surface area contributed by atoms with Crippen molar-refractivity contribution < 1.29 is 30.9 Å². The van der Waals surface area contributed by atoms with E-state index in [2.05, 4.69) is 4.90 Å². The van der Waals surface area contributed by atoms with Gasteiger partial charge in [-0.15, -0.1) is 0 Å². The van der Waals surface area contributed by atoms with Crippen LogP contribution in [-0.4, -0.2) is 34.1 Å². The fourth-order valence-electron chi connectivity index (χ4n) is 4.79. The maximum absolute atomic E-state index is 14.5. The van der Waals surface area contributed by atoms with E-state index in [9.17, 15) is 17.2 Å². The van der Waals surface area contributed by atoms with Gasteiger partial charge < -0.3 is 13.7 Å². The van der Waals surface area contributed by atoms with Gasteiger partial charge in [-0.1, -0.05) is 12.1 Å². The molecule has 34 heavy (non-hydrogen) atoms. The summed E-state index contributed by atoms with van der Waals surface area (Å²) < 4.78 is 70.1. The minimum Gasteiger partial charge on any atom is -0.494 e. The topological polar surface area (TPSA) is 65.1 Å². The number of benzene rings is 3. The van der Waals surface area contributed by atoms with Crippen molar-refractivity contribution in [1.29, 1.82) is 0 Å². The van der Waals surface area contributed by atoms with E-state index in [0.717, 1.165) is 28.8 Å². The van der Waals surface area contributed by atoms with Gasteiger partial charge in [-0.05, 0) is 65.9 Å². The van der Waals surface area contributed by atoms with Crippen molar-refractivity contribution in [2.75, 3.05) is 20.8 Å². The summed E-state index contributed by atoms with van der Waals surface area (Å²) in [7, 11) is -1.41. The number of ether oxygens (including phenoxy) is 2. The summed E-state index contributed by atoms with van der Waals surface area (Å²) in [6.45, 7) is 1.11. The monoisotopic (exact) mass is 487 g/mol. The molecule has 0 bridgehead atoms. The fraction of sp³-hybridized carbons (Fsp3) is 0.280. The van der Waals surface area contributed by atoms with E-state index in [-0.39, 0.29) is 28.2 Å². The van der Waals surface area contributed by atoms with Crippen LogP contribution in [0.15, 0.2) is 53.4 Å². The molecule has 3 aromatic carbocycles. The van der Waals surface area contributed by atoms with Crippen molar-refractivity contribution in [1.82, 2.24) is 4.90 Å². The average molecular weight is 488 g/mol. The van der Waals surface area contributed by atoms with Crippen molar-refractivity contribution in [3.05, 3.63) is 82.4 Å². The molecule has 3 aromatic rings. The summed E-state index contributed by atoms with van der Waals surface area (Å²) in [5.41, 5.74) is 3.52. The molecule has 178 valence electrons. The van der Waals surface area contributed by atoms with Crippen LogP contribution in [0.5, 0.6) is 17.2 Å². The Morgan fingerprint density at radius 3 is 2.50 bits per heavy atom. The number of halogens is 2. The number of hydrogen-bond acceptors (Lipinski definition) is 6. The van der Waals surface area contributed by atoms with Crippen molar-refractivity contribution in [3.8, 4) is 17.2 Å². The zero-order chi connectivity index (χ0) is 24.0. The second-order valence-electron chi connectivity index (χ2n) is 8.36. The minimum atomic E-state index is -4.30. The summed E-state index contributed by atoms with van der Waals surface area (Å²) in [6, 6.07) is 11.4. The van der Waals surface area contributed by atoms with Crippen LogP contribution < -0.4 is 13.7 Å². The summed E-state index contributed by atoms with van der Waals surface area (Å²) in [5, 5.41) is 0. The predicted octanol–water partition coefficient (Wildman–Crippen LogP) is 4.41. The highest BCUT2D eigenvalue weighted by Gasteiger charge is 2.36. The molecule has 9 heteroatoms. The quantitative estimate of drug-likeness (QED) is 0.497. The molecule has 5 rings (SSSR count). The Bertz CT molecular complexity index is 1380. The lowest BCUT2D eigenvalue weighted by molar-refractivity contribution is 0.158. The molecule has 1 atom stereocenters. The van der Waals surface area contributed by atoms with Gasteiger partial charge in [0.15, 0.2) is 23.1 Å². The summed E-state index contributed by atoms with van der Waals surface area (Å²) in [4.78, 5) is 1.90. The first-order chi connectivity index (χ1) is 16.3. The van der Waals surface area contributed by atoms with Crippen LogP contribution in [0.25, 0.3) is 0 Å². The first kappa shape index (κ1) is 22.6. The molecule has 2 aliphatic rings. The number of rotatable bonds is 5. The lowest BCUT2D eigenvalue weighted by atomic mass is 9.83. The number of nitrogens with zero attached hydrogens (tertiary/aromatic N) is 1. The van der Waals surface area contributed by atoms with E-state index in [0.29, 0.717) is 31.5 Å². The molecular formula is C25H23F2NO5S. The van der Waals surface area contributed by atoms with Gasteiger partial charge in [0, 0.05) is 24.7 Å². The summed E-state index contributed by atoms with van der Waals surface area (Å²) >= 11 is 0. The van der Waals surface area contributed by atoms with Crippen LogP contribution in [0.3, 0.4) is 0 Å². The lowest BCUT2D eigenvalue weighted by Gasteiger charge is -2.42. The van der Waals surface area contributed by atoms with Crippen molar-refractivity contribution in [2.24, 2.45) is 0 Å². The number of hydrogen-bond donors (Lipinski definition) is 0. The molecule has 1 unspecified atom stereocenters. The second kappa shape index (κ2) is 8.56. The van der Waals surface area contributed by atoms with Gasteiger partial charge in [-0.3, -0.25) is 4.90 Å². The Balaban J connectivity index is 1.54. The number of methoxy groups -OCH3 is 2. The van der Waals surface area contributed by atoms with Crippen LogP contribution >= 0.6 is 0 Å². The Kier molecular flexibility index (Phi) is 5.69. The largest absolute Gasteiger partial charge is 0.494 e. The average Bonchev–Trinajstić information content (AvgIpc) is 2.82. The van der Waals surface area contributed by atoms with Crippen molar-refractivity contribution in [3.63, 3.8) is 0 Å². The second-order valence-corrected chi connectivity index (χ2v) is 9.90. The van der Waals surface area contributed by atoms with Crippen molar-refractivity contribution >= 4 is 10.1 Å². The summed E-state index contributed by atoms with van der Waals surface area (Å²) in [6.07, 6.45) is 1.26. The third kappa shape index (κ3) is 3.88. The number of fused-ring (bicyclic) bond motifs is 4. The molecule has 6 nitrogen and oxygen atoms in total. The highest BCUT2D eigenvalue weighted by molar-refractivity contribution is 7.87. The van der Waals surface area contributed by atoms with Crippen LogP contribution in [0.4, 0.5) is 8.78 Å². The van der Waals surface area contributed by atoms with Crippen LogP contribution in [0, 0.1) is 11.6 Å². The Hall–Kier alpha value is -3.17. The van der Waals surface area contributed by atoms with Gasteiger partial charge in [0.05, 0.1) is 14.2 Å². The summed E-state index contributed by atoms with van der Waals surface area (Å²) in [5.74, 6) is -0.495. The van der Waals surface area contributed by atoms with E-state index in [1.54, 1.807) is 12.1 Å². The van der Waals surface area contributed by atoms with Gasteiger partial charge in [-0.2, -0.15) is 8.42 Å². The van der Waals surface area contributed by atoms with E-state index in [1.165, 1.54) is 32.4 Å². The zero-order valence-corrected chi connectivity index (χ0v) is 19.5. The van der Waals surface area contributed by atoms with Crippen LogP contribution in [0.1, 0.15) is 28.3 Å². The highest BCUT2D eigenvalue weighted by atomic mass is 32.2. The molecular weight excluding hydrogens is 464 g/mol. The SMILES string of the molecule is COc1cc2c(cc1F)C1Cc3ccc(OC)c(OS(=O)(=O)c4cccc(F)c4)c3CN1CC2. The predicted molar refractivity (Wildman–Crippen MR) is 121 cm³/mol. The Morgan fingerprint density at radius 2 is 1.76 bits per heavy atom. The molecule has 0 radical (unpaired) electrons. The first-order valence-electron chi connectivity index (χ1n) is 10.8. The molecule has 0 spiro atoms. The Labute approximate surface area is 196 Å². The van der Waals surface area contributed by atoms with Gasteiger partial charge in [-0.25, -0.2) is 8.78 Å². The van der Waals surface area contributed by atoms with Gasteiger partial charge in [0.1, 0.15) is 10.7 Å².